The van der Waals surface area contributed by atoms with Crippen molar-refractivity contribution in [1.29, 1.82) is 0 Å². The number of thiazole rings is 1. The van der Waals surface area contributed by atoms with E-state index >= 15 is 0 Å². The van der Waals surface area contributed by atoms with Crippen LogP contribution in [0.1, 0.15) is 23.0 Å². The molecule has 0 saturated carbocycles. The van der Waals surface area contributed by atoms with E-state index in [0.717, 1.165) is 22.2 Å². The number of anilines is 1. The minimum Gasteiger partial charge on any atom is -0.296 e. The maximum Gasteiger partial charge on any atom is 0.277 e. The van der Waals surface area contributed by atoms with E-state index < -0.39 is 0 Å². The molecule has 0 saturated heterocycles. The molecule has 0 atom stereocenters. The summed E-state index contributed by atoms with van der Waals surface area (Å²) in [5.74, 6) is -0.303. The highest BCUT2D eigenvalue weighted by Gasteiger charge is 2.12. The second kappa shape index (κ2) is 5.98. The number of hydrogen-bond donors (Lipinski definition) is 1. The molecule has 0 unspecified atom stereocenters. The monoisotopic (exact) mass is 334 g/mol. The molecule has 0 bridgehead atoms. The SMILES string of the molecule is CCc1ccc2nc(NC(=O)c3cnc4ccccc4n3)sc2c1. The first-order chi connectivity index (χ1) is 11.7. The van der Waals surface area contributed by atoms with Crippen LogP contribution >= 0.6 is 11.3 Å². The van der Waals surface area contributed by atoms with Gasteiger partial charge >= 0.3 is 0 Å². The van der Waals surface area contributed by atoms with Crippen LogP contribution in [0.4, 0.5) is 5.13 Å². The Morgan fingerprint density at radius 1 is 1.08 bits per heavy atom. The van der Waals surface area contributed by atoms with Crippen LogP contribution in [-0.2, 0) is 6.42 Å². The lowest BCUT2D eigenvalue weighted by Gasteiger charge is -2.02. The molecule has 2 aromatic heterocycles. The van der Waals surface area contributed by atoms with E-state index in [1.54, 1.807) is 0 Å². The Hall–Kier alpha value is -2.86. The molecule has 0 aliphatic carbocycles. The lowest BCUT2D eigenvalue weighted by atomic mass is 10.2. The number of amides is 1. The maximum atomic E-state index is 12.4. The molecule has 118 valence electrons. The number of nitrogens with one attached hydrogen (secondary N) is 1. The lowest BCUT2D eigenvalue weighted by Crippen LogP contribution is -2.13. The molecule has 0 fully saturated rings. The highest BCUT2D eigenvalue weighted by atomic mass is 32.1. The molecule has 2 aromatic carbocycles. The van der Waals surface area contributed by atoms with E-state index in [2.05, 4.69) is 39.3 Å². The predicted molar refractivity (Wildman–Crippen MR) is 96.5 cm³/mol. The van der Waals surface area contributed by atoms with E-state index in [-0.39, 0.29) is 11.6 Å². The Kier molecular flexibility index (Phi) is 3.66. The second-order valence-electron chi connectivity index (χ2n) is 5.37. The number of carbonyl (C=O) groups is 1. The zero-order valence-corrected chi connectivity index (χ0v) is 13.8. The molecular weight excluding hydrogens is 320 g/mol. The number of benzene rings is 2. The largest absolute Gasteiger partial charge is 0.296 e. The van der Waals surface area contributed by atoms with Crippen molar-refractivity contribution in [2.45, 2.75) is 13.3 Å². The fourth-order valence-electron chi connectivity index (χ4n) is 2.47. The van der Waals surface area contributed by atoms with Crippen LogP contribution in [0.2, 0.25) is 0 Å². The first-order valence-corrected chi connectivity index (χ1v) is 8.47. The summed E-state index contributed by atoms with van der Waals surface area (Å²) in [7, 11) is 0. The average Bonchev–Trinajstić information content (AvgIpc) is 3.02. The molecule has 5 nitrogen and oxygen atoms in total. The van der Waals surface area contributed by atoms with Crippen molar-refractivity contribution in [3.05, 3.63) is 59.9 Å². The minimum atomic E-state index is -0.303. The van der Waals surface area contributed by atoms with Gasteiger partial charge in [0.2, 0.25) is 0 Å². The highest BCUT2D eigenvalue weighted by molar-refractivity contribution is 7.22. The third kappa shape index (κ3) is 2.72. The molecule has 4 aromatic rings. The molecule has 1 amide bonds. The van der Waals surface area contributed by atoms with E-state index in [4.69, 9.17) is 0 Å². The zero-order chi connectivity index (χ0) is 16.5. The van der Waals surface area contributed by atoms with Gasteiger partial charge in [0.05, 0.1) is 27.4 Å². The first-order valence-electron chi connectivity index (χ1n) is 7.65. The van der Waals surface area contributed by atoms with Gasteiger partial charge in [0.15, 0.2) is 5.13 Å². The van der Waals surface area contributed by atoms with Gasteiger partial charge in [-0.05, 0) is 36.2 Å². The lowest BCUT2D eigenvalue weighted by molar-refractivity contribution is 0.102. The topological polar surface area (TPSA) is 67.8 Å². The number of nitrogens with zero attached hydrogens (tertiary/aromatic N) is 3. The summed E-state index contributed by atoms with van der Waals surface area (Å²) in [6, 6.07) is 13.6. The van der Waals surface area contributed by atoms with Gasteiger partial charge in [0.25, 0.3) is 5.91 Å². The number of para-hydroxylation sites is 2. The van der Waals surface area contributed by atoms with Gasteiger partial charge in [-0.25, -0.2) is 9.97 Å². The molecule has 24 heavy (non-hydrogen) atoms. The number of aromatic nitrogens is 3. The van der Waals surface area contributed by atoms with Gasteiger partial charge in [-0.2, -0.15) is 0 Å². The standard InChI is InChI=1S/C18H14N4OS/c1-2-11-7-8-14-16(9-11)24-18(21-14)22-17(23)15-10-19-12-5-3-4-6-13(12)20-15/h3-10H,2H2,1H3,(H,21,22,23). The average molecular weight is 334 g/mol. The van der Waals surface area contributed by atoms with Gasteiger partial charge in [0.1, 0.15) is 5.69 Å². The highest BCUT2D eigenvalue weighted by Crippen LogP contribution is 2.27. The summed E-state index contributed by atoms with van der Waals surface area (Å²) in [5, 5.41) is 3.38. The van der Waals surface area contributed by atoms with Crippen LogP contribution in [0.3, 0.4) is 0 Å². The Bertz CT molecular complexity index is 1060. The Morgan fingerprint density at radius 2 is 1.92 bits per heavy atom. The van der Waals surface area contributed by atoms with Crippen molar-refractivity contribution in [2.75, 3.05) is 5.32 Å². The Labute approximate surface area is 142 Å². The molecule has 4 rings (SSSR count). The zero-order valence-electron chi connectivity index (χ0n) is 13.0. The van der Waals surface area contributed by atoms with Gasteiger partial charge < -0.3 is 0 Å². The predicted octanol–water partition coefficient (Wildman–Crippen LogP) is 4.05. The maximum absolute atomic E-state index is 12.4. The van der Waals surface area contributed by atoms with Crippen LogP contribution in [0.5, 0.6) is 0 Å². The minimum absolute atomic E-state index is 0.280. The quantitative estimate of drug-likeness (QED) is 0.613. The van der Waals surface area contributed by atoms with E-state index in [1.807, 2.05) is 30.3 Å². The second-order valence-corrected chi connectivity index (χ2v) is 6.40. The third-order valence-electron chi connectivity index (χ3n) is 3.76. The summed E-state index contributed by atoms with van der Waals surface area (Å²) in [6.07, 6.45) is 2.46. The summed E-state index contributed by atoms with van der Waals surface area (Å²) >= 11 is 1.46. The van der Waals surface area contributed by atoms with Crippen LogP contribution in [0.25, 0.3) is 21.3 Å². The van der Waals surface area contributed by atoms with Crippen molar-refractivity contribution in [3.63, 3.8) is 0 Å². The molecular formula is C18H14N4OS. The molecule has 0 spiro atoms. The van der Waals surface area contributed by atoms with Crippen LogP contribution in [0.15, 0.2) is 48.7 Å². The van der Waals surface area contributed by atoms with Crippen molar-refractivity contribution < 1.29 is 4.79 Å². The van der Waals surface area contributed by atoms with Crippen LogP contribution < -0.4 is 5.32 Å². The van der Waals surface area contributed by atoms with E-state index in [9.17, 15) is 4.79 Å². The fourth-order valence-corrected chi connectivity index (χ4v) is 3.39. The van der Waals surface area contributed by atoms with E-state index in [1.165, 1.54) is 23.1 Å². The Balaban J connectivity index is 1.62. The third-order valence-corrected chi connectivity index (χ3v) is 4.70. The van der Waals surface area contributed by atoms with Gasteiger partial charge in [-0.3, -0.25) is 15.1 Å². The van der Waals surface area contributed by atoms with Gasteiger partial charge in [0, 0.05) is 0 Å². The Morgan fingerprint density at radius 3 is 2.75 bits per heavy atom. The van der Waals surface area contributed by atoms with Crippen molar-refractivity contribution >= 4 is 43.6 Å². The molecule has 0 aliphatic heterocycles. The van der Waals surface area contributed by atoms with Crippen LogP contribution in [-0.4, -0.2) is 20.9 Å². The molecule has 1 N–H and O–H groups in total. The fraction of sp³-hybridized carbons (Fsp3) is 0.111. The molecule has 0 radical (unpaired) electrons. The summed E-state index contributed by atoms with van der Waals surface area (Å²) in [5.41, 5.74) is 3.88. The molecule has 0 aliphatic rings. The summed E-state index contributed by atoms with van der Waals surface area (Å²) in [6.45, 7) is 2.11. The number of aryl methyl sites for hydroxylation is 1. The van der Waals surface area contributed by atoms with Gasteiger partial charge in [-0.1, -0.05) is 36.5 Å². The van der Waals surface area contributed by atoms with Crippen molar-refractivity contribution in [3.8, 4) is 0 Å². The number of fused-ring (bicyclic) bond motifs is 2. The van der Waals surface area contributed by atoms with E-state index in [0.29, 0.717) is 10.6 Å². The number of hydrogen-bond acceptors (Lipinski definition) is 5. The summed E-state index contributed by atoms with van der Waals surface area (Å²) < 4.78 is 1.06. The number of carbonyl (C=O) groups excluding carboxylic acids is 1. The van der Waals surface area contributed by atoms with Crippen molar-refractivity contribution in [1.82, 2.24) is 15.0 Å². The normalized spacial score (nSPS) is 11.0. The summed E-state index contributed by atoms with van der Waals surface area (Å²) in [4.78, 5) is 25.5. The first kappa shape index (κ1) is 14.7. The van der Waals surface area contributed by atoms with Crippen LogP contribution in [0, 0.1) is 0 Å². The van der Waals surface area contributed by atoms with Gasteiger partial charge in [-0.15, -0.1) is 0 Å². The smallest absolute Gasteiger partial charge is 0.277 e. The number of rotatable bonds is 3. The molecule has 2 heterocycles. The van der Waals surface area contributed by atoms with Crippen molar-refractivity contribution in [2.24, 2.45) is 0 Å². The molecule has 6 heteroatoms.